The van der Waals surface area contributed by atoms with Crippen molar-refractivity contribution in [3.05, 3.63) is 0 Å². The number of ether oxygens (including phenoxy) is 1. The third kappa shape index (κ3) is 5.46. The first-order valence-corrected chi connectivity index (χ1v) is 9.17. The van der Waals surface area contributed by atoms with Crippen LogP contribution >= 0.6 is 24.0 Å². The van der Waals surface area contributed by atoms with Crippen molar-refractivity contribution in [2.24, 2.45) is 10.9 Å². The summed E-state index contributed by atoms with van der Waals surface area (Å²) in [7, 11) is 0. The molecule has 3 heterocycles. The zero-order valence-electron chi connectivity index (χ0n) is 14.6. The molecule has 2 bridgehead atoms. The van der Waals surface area contributed by atoms with Crippen LogP contribution in [0.2, 0.25) is 0 Å². The summed E-state index contributed by atoms with van der Waals surface area (Å²) in [5.41, 5.74) is 0. The van der Waals surface area contributed by atoms with Crippen LogP contribution in [0.1, 0.15) is 46.0 Å². The van der Waals surface area contributed by atoms with Crippen molar-refractivity contribution in [1.29, 1.82) is 0 Å². The molecule has 0 aromatic rings. The molecule has 0 amide bonds. The van der Waals surface area contributed by atoms with Gasteiger partial charge >= 0.3 is 0 Å². The normalized spacial score (nSPS) is 31.9. The lowest BCUT2D eigenvalue weighted by Crippen LogP contribution is -2.47. The van der Waals surface area contributed by atoms with E-state index in [2.05, 4.69) is 29.4 Å². The molecule has 3 aliphatic rings. The molecular formula is C17H33IN4O. The first-order chi connectivity index (χ1) is 10.7. The number of guanidine groups is 1. The molecule has 3 rings (SSSR count). The Hall–Kier alpha value is -0.0800. The van der Waals surface area contributed by atoms with Crippen LogP contribution in [0, 0.1) is 5.92 Å². The van der Waals surface area contributed by atoms with Crippen LogP contribution in [0.4, 0.5) is 0 Å². The maximum absolute atomic E-state index is 5.92. The van der Waals surface area contributed by atoms with Crippen molar-refractivity contribution in [2.45, 2.75) is 64.2 Å². The van der Waals surface area contributed by atoms with Crippen molar-refractivity contribution < 1.29 is 4.74 Å². The number of rotatable bonds is 5. The van der Waals surface area contributed by atoms with Gasteiger partial charge in [0.05, 0.1) is 24.8 Å². The fourth-order valence-corrected chi connectivity index (χ4v) is 3.87. The quantitative estimate of drug-likeness (QED) is 0.394. The average molecular weight is 436 g/mol. The number of hydrogen-bond donors (Lipinski definition) is 2. The second kappa shape index (κ2) is 9.42. The van der Waals surface area contributed by atoms with Gasteiger partial charge in [-0.3, -0.25) is 4.99 Å². The lowest BCUT2D eigenvalue weighted by atomic mass is 9.96. The highest BCUT2D eigenvalue weighted by atomic mass is 127. The third-order valence-electron chi connectivity index (χ3n) is 5.33. The van der Waals surface area contributed by atoms with Crippen molar-refractivity contribution in [1.82, 2.24) is 15.5 Å². The topological polar surface area (TPSA) is 48.9 Å². The number of likely N-dealkylation sites (tertiary alicyclic amines) is 1. The molecule has 3 fully saturated rings. The van der Waals surface area contributed by atoms with Gasteiger partial charge in [-0.2, -0.15) is 0 Å². The van der Waals surface area contributed by atoms with Gasteiger partial charge in [-0.1, -0.05) is 6.92 Å². The Kier molecular flexibility index (Phi) is 7.88. The van der Waals surface area contributed by atoms with E-state index in [0.29, 0.717) is 18.2 Å². The summed E-state index contributed by atoms with van der Waals surface area (Å²) in [5.74, 6) is 1.87. The van der Waals surface area contributed by atoms with E-state index in [-0.39, 0.29) is 24.0 Å². The summed E-state index contributed by atoms with van der Waals surface area (Å²) < 4.78 is 5.92. The Bertz CT molecular complexity index is 385. The average Bonchev–Trinajstić information content (AvgIpc) is 3.12. The molecule has 5 nitrogen and oxygen atoms in total. The maximum Gasteiger partial charge on any atom is 0.191 e. The SMILES string of the molecule is CCNC(=NCCN1CCC(C)CC1)NC1CC2CCC1O2.I. The van der Waals surface area contributed by atoms with E-state index in [0.717, 1.165) is 37.9 Å². The summed E-state index contributed by atoms with van der Waals surface area (Å²) in [6.45, 7) is 9.83. The van der Waals surface area contributed by atoms with E-state index in [1.165, 1.54) is 38.8 Å². The minimum atomic E-state index is 0. The van der Waals surface area contributed by atoms with Crippen molar-refractivity contribution >= 4 is 29.9 Å². The Balaban J connectivity index is 0.00000192. The van der Waals surface area contributed by atoms with E-state index < -0.39 is 0 Å². The molecule has 0 aromatic heterocycles. The maximum atomic E-state index is 5.92. The van der Waals surface area contributed by atoms with Crippen molar-refractivity contribution in [3.8, 4) is 0 Å². The first-order valence-electron chi connectivity index (χ1n) is 9.17. The third-order valence-corrected chi connectivity index (χ3v) is 5.33. The van der Waals surface area contributed by atoms with Gasteiger partial charge in [0, 0.05) is 13.1 Å². The Labute approximate surface area is 158 Å². The molecule has 2 N–H and O–H groups in total. The number of piperidine rings is 1. The summed E-state index contributed by atoms with van der Waals surface area (Å²) >= 11 is 0. The van der Waals surface area contributed by atoms with E-state index >= 15 is 0 Å². The van der Waals surface area contributed by atoms with E-state index in [9.17, 15) is 0 Å². The van der Waals surface area contributed by atoms with Gasteiger partial charge < -0.3 is 20.3 Å². The Morgan fingerprint density at radius 1 is 1.22 bits per heavy atom. The van der Waals surface area contributed by atoms with Crippen LogP contribution in [-0.4, -0.2) is 61.8 Å². The highest BCUT2D eigenvalue weighted by molar-refractivity contribution is 14.0. The largest absolute Gasteiger partial charge is 0.373 e. The van der Waals surface area contributed by atoms with Crippen LogP contribution in [0.3, 0.4) is 0 Å². The molecule has 0 aromatic carbocycles. The minimum absolute atomic E-state index is 0. The highest BCUT2D eigenvalue weighted by Crippen LogP contribution is 2.34. The van der Waals surface area contributed by atoms with Gasteiger partial charge in [0.25, 0.3) is 0 Å². The fourth-order valence-electron chi connectivity index (χ4n) is 3.87. The van der Waals surface area contributed by atoms with Crippen LogP contribution in [0.15, 0.2) is 4.99 Å². The molecule has 134 valence electrons. The monoisotopic (exact) mass is 436 g/mol. The van der Waals surface area contributed by atoms with Gasteiger partial charge in [0.2, 0.25) is 0 Å². The van der Waals surface area contributed by atoms with E-state index in [1.54, 1.807) is 0 Å². The van der Waals surface area contributed by atoms with Gasteiger partial charge in [-0.25, -0.2) is 0 Å². The summed E-state index contributed by atoms with van der Waals surface area (Å²) in [6.07, 6.45) is 7.14. The Morgan fingerprint density at radius 2 is 2.00 bits per heavy atom. The Morgan fingerprint density at radius 3 is 2.61 bits per heavy atom. The van der Waals surface area contributed by atoms with Gasteiger partial charge in [0.1, 0.15) is 0 Å². The number of hydrogen-bond acceptors (Lipinski definition) is 3. The van der Waals surface area contributed by atoms with Crippen LogP contribution in [0.5, 0.6) is 0 Å². The molecule has 3 aliphatic heterocycles. The smallest absolute Gasteiger partial charge is 0.191 e. The number of halogens is 1. The second-order valence-electron chi connectivity index (χ2n) is 7.15. The van der Waals surface area contributed by atoms with Gasteiger partial charge in [-0.15, -0.1) is 24.0 Å². The lowest BCUT2D eigenvalue weighted by Gasteiger charge is -2.29. The van der Waals surface area contributed by atoms with Crippen LogP contribution in [0.25, 0.3) is 0 Å². The molecule has 23 heavy (non-hydrogen) atoms. The molecule has 3 atom stereocenters. The molecule has 0 spiro atoms. The van der Waals surface area contributed by atoms with Crippen LogP contribution in [-0.2, 0) is 4.74 Å². The molecule has 0 aliphatic carbocycles. The predicted octanol–water partition coefficient (Wildman–Crippen LogP) is 2.21. The van der Waals surface area contributed by atoms with E-state index in [4.69, 9.17) is 9.73 Å². The van der Waals surface area contributed by atoms with E-state index in [1.807, 2.05) is 0 Å². The van der Waals surface area contributed by atoms with Gasteiger partial charge in [0.15, 0.2) is 5.96 Å². The summed E-state index contributed by atoms with van der Waals surface area (Å²) in [6, 6.07) is 0.451. The molecule has 0 radical (unpaired) electrons. The summed E-state index contributed by atoms with van der Waals surface area (Å²) in [5, 5.41) is 6.97. The zero-order valence-corrected chi connectivity index (χ0v) is 16.9. The number of aliphatic imine (C=N–C) groups is 1. The van der Waals surface area contributed by atoms with Gasteiger partial charge in [-0.05, 0) is 58.0 Å². The molecular weight excluding hydrogens is 403 g/mol. The molecule has 6 heteroatoms. The first kappa shape index (κ1) is 19.2. The molecule has 3 saturated heterocycles. The van der Waals surface area contributed by atoms with Crippen LogP contribution < -0.4 is 10.6 Å². The number of fused-ring (bicyclic) bond motifs is 2. The predicted molar refractivity (Wildman–Crippen MR) is 106 cm³/mol. The zero-order chi connectivity index (χ0) is 15.4. The fraction of sp³-hybridized carbons (Fsp3) is 0.941. The number of nitrogens with zero attached hydrogens (tertiary/aromatic N) is 2. The van der Waals surface area contributed by atoms with Crippen molar-refractivity contribution in [3.63, 3.8) is 0 Å². The minimum Gasteiger partial charge on any atom is -0.373 e. The highest BCUT2D eigenvalue weighted by Gasteiger charge is 2.41. The molecule has 0 saturated carbocycles. The standard InChI is InChI=1S/C17H32N4O.HI/c1-3-18-17(20-15-12-14-4-5-16(15)22-14)19-8-11-21-9-6-13(2)7-10-21;/h13-16H,3-12H2,1-2H3,(H2,18,19,20);1H. The lowest BCUT2D eigenvalue weighted by molar-refractivity contribution is 0.0992. The van der Waals surface area contributed by atoms with Crippen molar-refractivity contribution in [2.75, 3.05) is 32.7 Å². The molecule has 3 unspecified atom stereocenters. The summed E-state index contributed by atoms with van der Waals surface area (Å²) in [4.78, 5) is 7.32. The second-order valence-corrected chi connectivity index (χ2v) is 7.15. The number of nitrogens with one attached hydrogen (secondary N) is 2.